The molecule has 0 aromatic heterocycles. The number of hydrogen-bond acceptors (Lipinski definition) is 5. The monoisotopic (exact) mass is 432 g/mol. The van der Waals surface area contributed by atoms with Gasteiger partial charge in [-0.25, -0.2) is 0 Å². The van der Waals surface area contributed by atoms with Crippen LogP contribution in [0.5, 0.6) is 5.75 Å². The van der Waals surface area contributed by atoms with E-state index in [0.717, 1.165) is 21.2 Å². The van der Waals surface area contributed by atoms with E-state index in [1.165, 1.54) is 10.5 Å². The second-order valence-electron chi connectivity index (χ2n) is 6.93. The Morgan fingerprint density at radius 3 is 2.48 bits per heavy atom. The number of carbonyl (C=O) groups is 2. The van der Waals surface area contributed by atoms with Crippen LogP contribution in [-0.4, -0.2) is 36.1 Å². The lowest BCUT2D eigenvalue weighted by atomic mass is 10.1. The Balaban J connectivity index is 1.54. The number of hydrogen-bond donors (Lipinski definition) is 1. The van der Waals surface area contributed by atoms with Crippen LogP contribution in [0.15, 0.2) is 47.4 Å². The van der Waals surface area contributed by atoms with Gasteiger partial charge in [0.1, 0.15) is 5.75 Å². The van der Waals surface area contributed by atoms with E-state index in [-0.39, 0.29) is 17.9 Å². The molecule has 7 heteroatoms. The number of rotatable bonds is 9. The Morgan fingerprint density at radius 1 is 1.14 bits per heavy atom. The lowest BCUT2D eigenvalue weighted by Crippen LogP contribution is -2.31. The van der Waals surface area contributed by atoms with Gasteiger partial charge in [0.2, 0.25) is 11.8 Å². The number of halogens is 1. The molecule has 5 nitrogen and oxygen atoms in total. The fraction of sp³-hybridized carbons (Fsp3) is 0.364. The van der Waals surface area contributed by atoms with Crippen molar-refractivity contribution in [3.05, 3.63) is 58.6 Å². The molecule has 3 rings (SSSR count). The number of carbonyl (C=O) groups excluding carboxylic acids is 2. The van der Waals surface area contributed by atoms with Crippen molar-refractivity contribution in [2.24, 2.45) is 0 Å². The topological polar surface area (TPSA) is 58.6 Å². The second-order valence-corrected chi connectivity index (χ2v) is 8.50. The van der Waals surface area contributed by atoms with E-state index >= 15 is 0 Å². The normalized spacial score (nSPS) is 15.1. The minimum Gasteiger partial charge on any atom is -0.496 e. The number of ether oxygens (including phenoxy) is 1. The molecular weight excluding hydrogens is 408 g/mol. The largest absolute Gasteiger partial charge is 0.496 e. The average Bonchev–Trinajstić information content (AvgIpc) is 3.05. The number of benzene rings is 2. The van der Waals surface area contributed by atoms with Gasteiger partial charge in [-0.1, -0.05) is 29.8 Å². The molecule has 0 bridgehead atoms. The number of likely N-dealkylation sites (tertiary alicyclic amines) is 1. The van der Waals surface area contributed by atoms with Crippen LogP contribution in [0.2, 0.25) is 5.02 Å². The van der Waals surface area contributed by atoms with Crippen LogP contribution in [0.25, 0.3) is 0 Å². The fourth-order valence-corrected chi connectivity index (χ4v) is 4.27. The Kier molecular flexibility index (Phi) is 7.58. The maximum atomic E-state index is 11.7. The molecule has 0 spiro atoms. The number of amides is 2. The first-order valence-electron chi connectivity index (χ1n) is 9.59. The van der Waals surface area contributed by atoms with Crippen molar-refractivity contribution in [2.75, 3.05) is 19.4 Å². The molecule has 0 unspecified atom stereocenters. The van der Waals surface area contributed by atoms with Gasteiger partial charge in [0.25, 0.3) is 0 Å². The number of imide groups is 1. The summed E-state index contributed by atoms with van der Waals surface area (Å²) >= 11 is 7.54. The van der Waals surface area contributed by atoms with E-state index in [0.29, 0.717) is 31.7 Å². The van der Waals surface area contributed by atoms with Gasteiger partial charge in [0.15, 0.2) is 0 Å². The number of methoxy groups -OCH3 is 1. The van der Waals surface area contributed by atoms with Crippen molar-refractivity contribution in [3.8, 4) is 5.75 Å². The zero-order valence-corrected chi connectivity index (χ0v) is 18.2. The molecule has 1 aliphatic heterocycles. The molecule has 1 N–H and O–H groups in total. The summed E-state index contributed by atoms with van der Waals surface area (Å²) in [6.45, 7) is 3.26. The number of nitrogens with one attached hydrogen (secondary N) is 1. The summed E-state index contributed by atoms with van der Waals surface area (Å²) in [5.74, 6) is 1.31. The van der Waals surface area contributed by atoms with E-state index in [9.17, 15) is 9.59 Å². The van der Waals surface area contributed by atoms with Crippen molar-refractivity contribution >= 4 is 35.2 Å². The molecular formula is C22H25ClN2O3S. The van der Waals surface area contributed by atoms with Gasteiger partial charge in [0, 0.05) is 47.6 Å². The minimum absolute atomic E-state index is 0.0706. The molecule has 2 aromatic rings. The summed E-state index contributed by atoms with van der Waals surface area (Å²) in [7, 11) is 1.65. The van der Waals surface area contributed by atoms with Gasteiger partial charge in [-0.15, -0.1) is 11.8 Å². The van der Waals surface area contributed by atoms with E-state index in [1.54, 1.807) is 18.9 Å². The predicted molar refractivity (Wildman–Crippen MR) is 116 cm³/mol. The summed E-state index contributed by atoms with van der Waals surface area (Å²) in [5, 5.41) is 4.24. The molecule has 0 aliphatic carbocycles. The quantitative estimate of drug-likeness (QED) is 0.469. The van der Waals surface area contributed by atoms with Crippen LogP contribution in [0.4, 0.5) is 0 Å². The maximum Gasteiger partial charge on any atom is 0.229 e. The third-order valence-electron chi connectivity index (χ3n) is 4.94. The molecule has 29 heavy (non-hydrogen) atoms. The van der Waals surface area contributed by atoms with E-state index < -0.39 is 0 Å². The zero-order valence-electron chi connectivity index (χ0n) is 16.6. The summed E-state index contributed by atoms with van der Waals surface area (Å²) in [6, 6.07) is 14.2. The molecule has 154 valence electrons. The number of thioether (sulfide) groups is 1. The number of nitrogens with zero attached hydrogens (tertiary/aromatic N) is 1. The molecule has 2 aromatic carbocycles. The summed E-state index contributed by atoms with van der Waals surface area (Å²) < 4.78 is 5.54. The van der Waals surface area contributed by atoms with Crippen LogP contribution >= 0.6 is 23.4 Å². The van der Waals surface area contributed by atoms with Crippen LogP contribution in [0.3, 0.4) is 0 Å². The van der Waals surface area contributed by atoms with Crippen molar-refractivity contribution in [1.29, 1.82) is 0 Å². The van der Waals surface area contributed by atoms with Crippen LogP contribution in [-0.2, 0) is 16.1 Å². The van der Waals surface area contributed by atoms with Gasteiger partial charge in [-0.2, -0.15) is 0 Å². The van der Waals surface area contributed by atoms with Crippen LogP contribution in [0.1, 0.15) is 36.9 Å². The van der Waals surface area contributed by atoms with Gasteiger partial charge in [-0.3, -0.25) is 14.5 Å². The molecule has 1 atom stereocenters. The molecule has 0 radical (unpaired) electrons. The lowest BCUT2D eigenvalue weighted by Gasteiger charge is -2.16. The predicted octanol–water partition coefficient (Wildman–Crippen LogP) is 4.44. The highest BCUT2D eigenvalue weighted by molar-refractivity contribution is 7.99. The van der Waals surface area contributed by atoms with Gasteiger partial charge in [0.05, 0.1) is 7.11 Å². The van der Waals surface area contributed by atoms with Crippen molar-refractivity contribution in [1.82, 2.24) is 10.2 Å². The van der Waals surface area contributed by atoms with Crippen LogP contribution in [0, 0.1) is 0 Å². The standard InChI is InChI=1S/C22H25ClN2O3S/c1-15(17-4-6-18(23)7-5-17)24-14-16-3-8-20(19(13-16)28-2)29-12-11-25-21(26)9-10-22(25)27/h3-8,13,15,24H,9-12,14H2,1-2H3/t15-/m0/s1. The highest BCUT2D eigenvalue weighted by Crippen LogP contribution is 2.31. The molecule has 1 saturated heterocycles. The molecule has 1 aliphatic rings. The summed E-state index contributed by atoms with van der Waals surface area (Å²) in [6.07, 6.45) is 0.673. The third kappa shape index (κ3) is 5.75. The minimum atomic E-state index is -0.0706. The Labute approximate surface area is 180 Å². The Hall–Kier alpha value is -2.02. The van der Waals surface area contributed by atoms with E-state index in [2.05, 4.69) is 18.3 Å². The Bertz CT molecular complexity index is 857. The van der Waals surface area contributed by atoms with Gasteiger partial charge in [-0.05, 0) is 42.3 Å². The Morgan fingerprint density at radius 2 is 1.83 bits per heavy atom. The third-order valence-corrected chi connectivity index (χ3v) is 6.22. The lowest BCUT2D eigenvalue weighted by molar-refractivity contribution is -0.137. The fourth-order valence-electron chi connectivity index (χ4n) is 3.20. The second kappa shape index (κ2) is 10.1. The van der Waals surface area contributed by atoms with E-state index in [4.69, 9.17) is 16.3 Å². The summed E-state index contributed by atoms with van der Waals surface area (Å²) in [5.41, 5.74) is 2.30. The van der Waals surface area contributed by atoms with Crippen molar-refractivity contribution < 1.29 is 14.3 Å². The zero-order chi connectivity index (χ0) is 20.8. The first-order chi connectivity index (χ1) is 14.0. The first kappa shape index (κ1) is 21.7. The average molecular weight is 433 g/mol. The van der Waals surface area contributed by atoms with Crippen molar-refractivity contribution in [2.45, 2.75) is 37.2 Å². The molecule has 1 heterocycles. The molecule has 2 amide bonds. The first-order valence-corrected chi connectivity index (χ1v) is 11.0. The maximum absolute atomic E-state index is 11.7. The van der Waals surface area contributed by atoms with Crippen LogP contribution < -0.4 is 10.1 Å². The van der Waals surface area contributed by atoms with Gasteiger partial charge < -0.3 is 10.1 Å². The van der Waals surface area contributed by atoms with Gasteiger partial charge >= 0.3 is 0 Å². The SMILES string of the molecule is COc1cc(CN[C@@H](C)c2ccc(Cl)cc2)ccc1SCCN1C(=O)CCC1=O. The van der Waals surface area contributed by atoms with Crippen molar-refractivity contribution in [3.63, 3.8) is 0 Å². The summed E-state index contributed by atoms with van der Waals surface area (Å²) in [4.78, 5) is 25.8. The highest BCUT2D eigenvalue weighted by Gasteiger charge is 2.28. The smallest absolute Gasteiger partial charge is 0.229 e. The molecule has 0 saturated carbocycles. The highest BCUT2D eigenvalue weighted by atomic mass is 35.5. The molecule has 1 fully saturated rings. The van der Waals surface area contributed by atoms with E-state index in [1.807, 2.05) is 36.4 Å².